The van der Waals surface area contributed by atoms with E-state index in [1.165, 1.54) is 5.56 Å². The first-order valence-electron chi connectivity index (χ1n) is 9.73. The molecule has 3 N–H and O–H groups in total. The summed E-state index contributed by atoms with van der Waals surface area (Å²) in [7, 11) is -3.65. The lowest BCUT2D eigenvalue weighted by molar-refractivity contribution is 0.0999. The highest BCUT2D eigenvalue weighted by Crippen LogP contribution is 2.35. The predicted octanol–water partition coefficient (Wildman–Crippen LogP) is 3.70. The second kappa shape index (κ2) is 8.37. The number of nitrogens with two attached hydrogens (primary N) is 1. The molecule has 1 aliphatic rings. The maximum absolute atomic E-state index is 12.4. The number of carbonyl (C=O) groups is 1. The van der Waals surface area contributed by atoms with Gasteiger partial charge >= 0.3 is 0 Å². The Balaban J connectivity index is 1.67. The maximum atomic E-state index is 12.4. The van der Waals surface area contributed by atoms with Crippen molar-refractivity contribution in [2.75, 3.05) is 0 Å². The van der Waals surface area contributed by atoms with Crippen molar-refractivity contribution in [3.05, 3.63) is 64.2 Å². The van der Waals surface area contributed by atoms with E-state index in [9.17, 15) is 13.2 Å². The standard InChI is InChI=1S/C22H27N3O3S/c1-14-4-10-19(11-5-14)29(27,28)25-24-18-8-6-17(7-9-18)20-12-13-21(22(23)26)16(3)15(20)2/h4-5,10-13,17,25H,6-9H2,1-3H3,(H2,23,26). The fourth-order valence-electron chi connectivity index (χ4n) is 3.82. The molecule has 1 amide bonds. The first-order valence-corrected chi connectivity index (χ1v) is 11.2. The highest BCUT2D eigenvalue weighted by Gasteiger charge is 2.23. The quantitative estimate of drug-likeness (QED) is 0.731. The molecule has 1 saturated carbocycles. The third kappa shape index (κ3) is 4.67. The third-order valence-electron chi connectivity index (χ3n) is 5.75. The second-order valence-electron chi connectivity index (χ2n) is 7.68. The van der Waals surface area contributed by atoms with E-state index < -0.39 is 15.9 Å². The number of benzene rings is 2. The van der Waals surface area contributed by atoms with Crippen molar-refractivity contribution in [3.8, 4) is 0 Å². The molecular weight excluding hydrogens is 386 g/mol. The Bertz CT molecular complexity index is 1050. The van der Waals surface area contributed by atoms with Crippen LogP contribution in [0.5, 0.6) is 0 Å². The van der Waals surface area contributed by atoms with E-state index in [1.54, 1.807) is 30.3 Å². The number of hydrazone groups is 1. The molecule has 1 aliphatic carbocycles. The van der Waals surface area contributed by atoms with E-state index in [1.807, 2.05) is 26.8 Å². The SMILES string of the molecule is Cc1ccc(S(=O)(=O)NN=C2CCC(c3ccc(C(N)=O)c(C)c3C)CC2)cc1. The minimum atomic E-state index is -3.65. The molecule has 0 atom stereocenters. The van der Waals surface area contributed by atoms with Gasteiger partial charge in [0, 0.05) is 11.3 Å². The average Bonchev–Trinajstić information content (AvgIpc) is 2.69. The topological polar surface area (TPSA) is 102 Å². The first-order chi connectivity index (χ1) is 13.7. The maximum Gasteiger partial charge on any atom is 0.276 e. The lowest BCUT2D eigenvalue weighted by Crippen LogP contribution is -2.22. The fourth-order valence-corrected chi connectivity index (χ4v) is 4.67. The van der Waals surface area contributed by atoms with E-state index >= 15 is 0 Å². The largest absolute Gasteiger partial charge is 0.366 e. The Morgan fingerprint density at radius 2 is 1.62 bits per heavy atom. The van der Waals surface area contributed by atoms with Crippen LogP contribution in [0.1, 0.15) is 64.2 Å². The molecule has 0 spiro atoms. The lowest BCUT2D eigenvalue weighted by atomic mass is 9.80. The first kappa shape index (κ1) is 21.0. The van der Waals surface area contributed by atoms with Crippen LogP contribution in [0.2, 0.25) is 0 Å². The molecule has 154 valence electrons. The number of carbonyl (C=O) groups excluding carboxylic acids is 1. The van der Waals surface area contributed by atoms with Gasteiger partial charge in [-0.15, -0.1) is 0 Å². The summed E-state index contributed by atoms with van der Waals surface area (Å²) in [6.45, 7) is 5.86. The van der Waals surface area contributed by atoms with Crippen LogP contribution in [0.3, 0.4) is 0 Å². The highest BCUT2D eigenvalue weighted by molar-refractivity contribution is 7.89. The molecule has 2 aromatic carbocycles. The van der Waals surface area contributed by atoms with Gasteiger partial charge in [-0.25, -0.2) is 4.83 Å². The van der Waals surface area contributed by atoms with E-state index in [0.717, 1.165) is 48.1 Å². The molecule has 0 unspecified atom stereocenters. The van der Waals surface area contributed by atoms with Crippen molar-refractivity contribution < 1.29 is 13.2 Å². The molecule has 0 radical (unpaired) electrons. The molecule has 0 aromatic heterocycles. The zero-order valence-electron chi connectivity index (χ0n) is 17.0. The Kier molecular flexibility index (Phi) is 6.07. The smallest absolute Gasteiger partial charge is 0.276 e. The van der Waals surface area contributed by atoms with Crippen LogP contribution in [-0.4, -0.2) is 20.0 Å². The zero-order chi connectivity index (χ0) is 21.2. The summed E-state index contributed by atoms with van der Waals surface area (Å²) in [4.78, 5) is 14.1. The summed E-state index contributed by atoms with van der Waals surface area (Å²) in [5, 5.41) is 4.18. The van der Waals surface area contributed by atoms with Crippen LogP contribution in [-0.2, 0) is 10.0 Å². The lowest BCUT2D eigenvalue weighted by Gasteiger charge is -2.26. The molecule has 0 aliphatic heterocycles. The molecule has 6 nitrogen and oxygen atoms in total. The molecule has 29 heavy (non-hydrogen) atoms. The molecule has 3 rings (SSSR count). The molecular formula is C22H27N3O3S. The van der Waals surface area contributed by atoms with Gasteiger partial charge in [-0.2, -0.15) is 13.5 Å². The molecule has 0 bridgehead atoms. The van der Waals surface area contributed by atoms with Gasteiger partial charge in [0.25, 0.3) is 10.0 Å². The van der Waals surface area contributed by atoms with Crippen LogP contribution in [0.4, 0.5) is 0 Å². The summed E-state index contributed by atoms with van der Waals surface area (Å²) in [5.74, 6) is -0.0423. The average molecular weight is 414 g/mol. The van der Waals surface area contributed by atoms with E-state index in [-0.39, 0.29) is 4.90 Å². The van der Waals surface area contributed by atoms with Gasteiger partial charge in [-0.05, 0) is 87.3 Å². The third-order valence-corrected chi connectivity index (χ3v) is 6.98. The predicted molar refractivity (Wildman–Crippen MR) is 115 cm³/mol. The van der Waals surface area contributed by atoms with Crippen LogP contribution in [0.15, 0.2) is 46.4 Å². The van der Waals surface area contributed by atoms with Crippen molar-refractivity contribution in [1.29, 1.82) is 0 Å². The number of hydrogen-bond acceptors (Lipinski definition) is 4. The van der Waals surface area contributed by atoms with Crippen molar-refractivity contribution in [2.45, 2.75) is 57.3 Å². The Morgan fingerprint density at radius 1 is 1.00 bits per heavy atom. The summed E-state index contributed by atoms with van der Waals surface area (Å²) in [6, 6.07) is 10.5. The van der Waals surface area contributed by atoms with Crippen LogP contribution in [0.25, 0.3) is 0 Å². The number of nitrogens with one attached hydrogen (secondary N) is 1. The molecule has 0 saturated heterocycles. The van der Waals surface area contributed by atoms with Gasteiger partial charge in [-0.1, -0.05) is 23.8 Å². The Hall–Kier alpha value is -2.67. The van der Waals surface area contributed by atoms with Crippen molar-refractivity contribution in [2.24, 2.45) is 10.8 Å². The van der Waals surface area contributed by atoms with Gasteiger partial charge < -0.3 is 5.73 Å². The Labute approximate surface area is 172 Å². The number of amides is 1. The van der Waals surface area contributed by atoms with Crippen LogP contribution >= 0.6 is 0 Å². The van der Waals surface area contributed by atoms with E-state index in [2.05, 4.69) is 9.93 Å². The summed E-state index contributed by atoms with van der Waals surface area (Å²) >= 11 is 0. The summed E-state index contributed by atoms with van der Waals surface area (Å²) in [6.07, 6.45) is 3.25. The minimum absolute atomic E-state index is 0.210. The highest BCUT2D eigenvalue weighted by atomic mass is 32.2. The summed E-state index contributed by atoms with van der Waals surface area (Å²) < 4.78 is 24.8. The van der Waals surface area contributed by atoms with Gasteiger partial charge in [0.1, 0.15) is 0 Å². The number of sulfonamides is 1. The molecule has 2 aromatic rings. The number of primary amides is 1. The molecule has 0 heterocycles. The van der Waals surface area contributed by atoms with Crippen LogP contribution in [0, 0.1) is 20.8 Å². The van der Waals surface area contributed by atoms with Crippen molar-refractivity contribution >= 4 is 21.6 Å². The number of rotatable bonds is 5. The van der Waals surface area contributed by atoms with Gasteiger partial charge in [0.05, 0.1) is 4.90 Å². The minimum Gasteiger partial charge on any atom is -0.366 e. The zero-order valence-corrected chi connectivity index (χ0v) is 17.8. The van der Waals surface area contributed by atoms with E-state index in [0.29, 0.717) is 11.5 Å². The van der Waals surface area contributed by atoms with Gasteiger partial charge in [0.15, 0.2) is 0 Å². The number of aryl methyl sites for hydroxylation is 1. The number of hydrogen-bond donors (Lipinski definition) is 2. The molecule has 7 heteroatoms. The van der Waals surface area contributed by atoms with Crippen molar-refractivity contribution in [3.63, 3.8) is 0 Å². The van der Waals surface area contributed by atoms with E-state index in [4.69, 9.17) is 5.73 Å². The van der Waals surface area contributed by atoms with Crippen molar-refractivity contribution in [1.82, 2.24) is 4.83 Å². The van der Waals surface area contributed by atoms with Gasteiger partial charge in [0.2, 0.25) is 5.91 Å². The monoisotopic (exact) mass is 413 g/mol. The Morgan fingerprint density at radius 3 is 2.21 bits per heavy atom. The van der Waals surface area contributed by atoms with Crippen LogP contribution < -0.4 is 10.6 Å². The molecule has 1 fully saturated rings. The number of nitrogens with zero attached hydrogens (tertiary/aromatic N) is 1. The van der Waals surface area contributed by atoms with Gasteiger partial charge in [-0.3, -0.25) is 4.79 Å². The second-order valence-corrected chi connectivity index (χ2v) is 9.34. The normalized spacial score (nSPS) is 17.1. The summed E-state index contributed by atoms with van der Waals surface area (Å²) in [5.41, 5.74) is 11.1. The fraction of sp³-hybridized carbons (Fsp3) is 0.364.